The van der Waals surface area contributed by atoms with Crippen molar-refractivity contribution < 1.29 is 0 Å². The lowest BCUT2D eigenvalue weighted by atomic mass is 10.1. The number of anilines is 2. The van der Waals surface area contributed by atoms with Crippen LogP contribution in [0.2, 0.25) is 0 Å². The molecule has 1 aliphatic rings. The minimum atomic E-state index is 0.453. The minimum Gasteiger partial charge on any atom is -0.384 e. The molecule has 3 rings (SSSR count). The van der Waals surface area contributed by atoms with E-state index in [-0.39, 0.29) is 0 Å². The molecule has 0 saturated carbocycles. The number of aromatic nitrogens is 3. The lowest BCUT2D eigenvalue weighted by Gasteiger charge is -2.27. The average molecular weight is 365 g/mol. The zero-order valence-electron chi connectivity index (χ0n) is 16.3. The largest absolute Gasteiger partial charge is 0.384 e. The molecule has 0 bridgehead atoms. The molecule has 3 heterocycles. The van der Waals surface area contributed by atoms with Crippen molar-refractivity contribution in [1.29, 1.82) is 5.26 Å². The van der Waals surface area contributed by atoms with Crippen LogP contribution in [0, 0.1) is 25.2 Å². The van der Waals surface area contributed by atoms with Gasteiger partial charge >= 0.3 is 0 Å². The molecule has 1 aliphatic heterocycles. The van der Waals surface area contributed by atoms with E-state index < -0.39 is 0 Å². The minimum absolute atomic E-state index is 0.453. The van der Waals surface area contributed by atoms with Crippen molar-refractivity contribution in [1.82, 2.24) is 19.9 Å². The third kappa shape index (κ3) is 4.52. The molecule has 2 aromatic heterocycles. The number of nitrogens with zero attached hydrogens (tertiary/aromatic N) is 6. The molecule has 7 heteroatoms. The summed E-state index contributed by atoms with van der Waals surface area (Å²) in [6, 6.07) is 6.54. The number of nitriles is 1. The van der Waals surface area contributed by atoms with E-state index in [4.69, 9.17) is 5.73 Å². The number of pyridine rings is 1. The lowest BCUT2D eigenvalue weighted by Crippen LogP contribution is -2.33. The van der Waals surface area contributed by atoms with Crippen molar-refractivity contribution >= 4 is 11.5 Å². The molecule has 0 amide bonds. The smallest absolute Gasteiger partial charge is 0.144 e. The Morgan fingerprint density at radius 2 is 2.11 bits per heavy atom. The van der Waals surface area contributed by atoms with Gasteiger partial charge in [-0.05, 0) is 52.3 Å². The first kappa shape index (κ1) is 19.1. The van der Waals surface area contributed by atoms with Gasteiger partial charge < -0.3 is 10.6 Å². The van der Waals surface area contributed by atoms with Gasteiger partial charge in [0.05, 0.1) is 23.5 Å². The highest BCUT2D eigenvalue weighted by atomic mass is 15.2. The molecule has 27 heavy (non-hydrogen) atoms. The van der Waals surface area contributed by atoms with Crippen LogP contribution in [0.3, 0.4) is 0 Å². The average Bonchev–Trinajstić information content (AvgIpc) is 2.87. The molecular formula is C20H27N7. The highest BCUT2D eigenvalue weighted by molar-refractivity contribution is 5.61. The fourth-order valence-electron chi connectivity index (χ4n) is 3.80. The Kier molecular flexibility index (Phi) is 5.87. The predicted molar refractivity (Wildman–Crippen MR) is 106 cm³/mol. The van der Waals surface area contributed by atoms with E-state index >= 15 is 0 Å². The number of hydrogen-bond acceptors (Lipinski definition) is 7. The first-order valence-corrected chi connectivity index (χ1v) is 9.39. The Bertz CT molecular complexity index is 843. The van der Waals surface area contributed by atoms with Gasteiger partial charge in [-0.3, -0.25) is 9.88 Å². The van der Waals surface area contributed by atoms with Crippen LogP contribution < -0.4 is 10.6 Å². The van der Waals surface area contributed by atoms with Gasteiger partial charge in [-0.1, -0.05) is 0 Å². The summed E-state index contributed by atoms with van der Waals surface area (Å²) in [6.45, 7) is 6.46. The van der Waals surface area contributed by atoms with Gasteiger partial charge in [0.1, 0.15) is 17.7 Å². The zero-order chi connectivity index (χ0) is 19.4. The van der Waals surface area contributed by atoms with Crippen LogP contribution >= 0.6 is 0 Å². The van der Waals surface area contributed by atoms with Crippen LogP contribution in [0.5, 0.6) is 0 Å². The molecule has 0 aromatic carbocycles. The van der Waals surface area contributed by atoms with Crippen molar-refractivity contribution in [3.63, 3.8) is 0 Å². The van der Waals surface area contributed by atoms with Gasteiger partial charge in [-0.15, -0.1) is 0 Å². The fourth-order valence-corrected chi connectivity index (χ4v) is 3.80. The Labute approximate surface area is 160 Å². The predicted octanol–water partition coefficient (Wildman–Crippen LogP) is 2.43. The first-order chi connectivity index (χ1) is 13.0. The molecule has 0 spiro atoms. The summed E-state index contributed by atoms with van der Waals surface area (Å²) in [4.78, 5) is 17.7. The standard InChI is InChI=1S/C20H27N7/c1-14-11-18(17(12-21)15(2)24-14)27-9-4-5-16(7-10-27)26(3)13-20-23-8-6-19(22)25-20/h6,8,11,16H,4-5,7,9-10,13H2,1-3H3,(H2,22,23,25)/t16-/m0/s1. The monoisotopic (exact) mass is 365 g/mol. The van der Waals surface area contributed by atoms with E-state index in [1.807, 2.05) is 19.9 Å². The maximum atomic E-state index is 9.57. The lowest BCUT2D eigenvalue weighted by molar-refractivity contribution is 0.212. The Balaban J connectivity index is 1.70. The highest BCUT2D eigenvalue weighted by Gasteiger charge is 2.23. The van der Waals surface area contributed by atoms with E-state index in [2.05, 4.69) is 37.9 Å². The van der Waals surface area contributed by atoms with Crippen molar-refractivity contribution in [3.8, 4) is 6.07 Å². The number of nitrogens with two attached hydrogens (primary N) is 1. The summed E-state index contributed by atoms with van der Waals surface area (Å²) >= 11 is 0. The molecule has 2 N–H and O–H groups in total. The van der Waals surface area contributed by atoms with Crippen LogP contribution in [0.15, 0.2) is 18.3 Å². The van der Waals surface area contributed by atoms with E-state index in [0.717, 1.165) is 55.3 Å². The molecule has 0 unspecified atom stereocenters. The van der Waals surface area contributed by atoms with Gasteiger partial charge in [0.15, 0.2) is 0 Å². The third-order valence-electron chi connectivity index (χ3n) is 5.20. The molecule has 142 valence electrons. The van der Waals surface area contributed by atoms with Crippen molar-refractivity contribution in [2.75, 3.05) is 30.8 Å². The van der Waals surface area contributed by atoms with Gasteiger partial charge in [0.25, 0.3) is 0 Å². The topological polar surface area (TPSA) is 95.0 Å². The Morgan fingerprint density at radius 3 is 2.85 bits per heavy atom. The SMILES string of the molecule is Cc1cc(N2CCC[C@H](N(C)Cc3nccc(N)n3)CC2)c(C#N)c(C)n1. The molecule has 1 fully saturated rings. The summed E-state index contributed by atoms with van der Waals surface area (Å²) in [5.74, 6) is 1.26. The van der Waals surface area contributed by atoms with Crippen molar-refractivity contribution in [2.24, 2.45) is 0 Å². The van der Waals surface area contributed by atoms with Crippen molar-refractivity contribution in [2.45, 2.75) is 45.7 Å². The summed E-state index contributed by atoms with van der Waals surface area (Å²) in [7, 11) is 2.12. The third-order valence-corrected chi connectivity index (χ3v) is 5.20. The zero-order valence-corrected chi connectivity index (χ0v) is 16.3. The molecule has 0 aliphatic carbocycles. The van der Waals surface area contributed by atoms with Crippen molar-refractivity contribution in [3.05, 3.63) is 41.1 Å². The van der Waals surface area contributed by atoms with Crippen LogP contribution in [0.4, 0.5) is 11.5 Å². The maximum absolute atomic E-state index is 9.57. The summed E-state index contributed by atoms with van der Waals surface area (Å²) in [5.41, 5.74) is 9.24. The van der Waals surface area contributed by atoms with E-state index in [1.165, 1.54) is 0 Å². The van der Waals surface area contributed by atoms with Gasteiger partial charge in [-0.25, -0.2) is 9.97 Å². The molecule has 1 atom stereocenters. The molecule has 2 aromatic rings. The molecule has 0 radical (unpaired) electrons. The van der Waals surface area contributed by atoms with E-state index in [0.29, 0.717) is 24.0 Å². The van der Waals surface area contributed by atoms with Crippen LogP contribution in [0.1, 0.15) is 42.0 Å². The second-order valence-electron chi connectivity index (χ2n) is 7.24. The van der Waals surface area contributed by atoms with E-state index in [9.17, 15) is 5.26 Å². The summed E-state index contributed by atoms with van der Waals surface area (Å²) < 4.78 is 0. The first-order valence-electron chi connectivity index (χ1n) is 9.39. The number of nitrogen functional groups attached to an aromatic ring is 1. The second-order valence-corrected chi connectivity index (χ2v) is 7.24. The second kappa shape index (κ2) is 8.31. The number of aryl methyl sites for hydroxylation is 2. The quantitative estimate of drug-likeness (QED) is 0.889. The van der Waals surface area contributed by atoms with E-state index in [1.54, 1.807) is 12.3 Å². The Hall–Kier alpha value is -2.72. The maximum Gasteiger partial charge on any atom is 0.144 e. The normalized spacial score (nSPS) is 17.6. The van der Waals surface area contributed by atoms with Gasteiger partial charge in [0.2, 0.25) is 0 Å². The summed E-state index contributed by atoms with van der Waals surface area (Å²) in [6.07, 6.45) is 4.93. The molecule has 7 nitrogen and oxygen atoms in total. The number of hydrogen-bond donors (Lipinski definition) is 1. The van der Waals surface area contributed by atoms with Crippen LogP contribution in [-0.4, -0.2) is 46.0 Å². The fraction of sp³-hybridized carbons (Fsp3) is 0.500. The van der Waals surface area contributed by atoms with Gasteiger partial charge in [0, 0.05) is 31.0 Å². The van der Waals surface area contributed by atoms with Crippen LogP contribution in [0.25, 0.3) is 0 Å². The molecule has 1 saturated heterocycles. The Morgan fingerprint density at radius 1 is 1.30 bits per heavy atom. The van der Waals surface area contributed by atoms with Gasteiger partial charge in [-0.2, -0.15) is 5.26 Å². The molecular weight excluding hydrogens is 338 g/mol. The summed E-state index contributed by atoms with van der Waals surface area (Å²) in [5, 5.41) is 9.57. The van der Waals surface area contributed by atoms with Crippen LogP contribution in [-0.2, 0) is 6.54 Å². The highest BCUT2D eigenvalue weighted by Crippen LogP contribution is 2.27. The number of rotatable bonds is 4.